The average molecular weight is 395 g/mol. The van der Waals surface area contributed by atoms with Gasteiger partial charge in [0.05, 0.1) is 0 Å². The Morgan fingerprint density at radius 1 is 1.14 bits per heavy atom. The number of rotatable bonds is 9. The number of benzene rings is 2. The molecule has 152 valence electrons. The summed E-state index contributed by atoms with van der Waals surface area (Å²) in [5.41, 5.74) is 2.68. The number of fused-ring (bicyclic) bond motifs is 1. The van der Waals surface area contributed by atoms with Gasteiger partial charge in [-0.1, -0.05) is 30.3 Å². The fraction of sp³-hybridized carbons (Fsp3) is 0.304. The Hall–Kier alpha value is -3.12. The highest BCUT2D eigenvalue weighted by molar-refractivity contribution is 5.82. The fourth-order valence-electron chi connectivity index (χ4n) is 3.11. The molecule has 0 fully saturated rings. The van der Waals surface area contributed by atoms with Gasteiger partial charge in [-0.05, 0) is 36.6 Å². The molecule has 1 amide bonds. The molecule has 0 unspecified atom stereocenters. The molecular formula is C23H25NO5. The minimum atomic E-state index is -0.355. The molecule has 6 heteroatoms. The zero-order chi connectivity index (χ0) is 20.6. The van der Waals surface area contributed by atoms with Crippen LogP contribution in [0.15, 0.2) is 57.7 Å². The quantitative estimate of drug-likeness (QED) is 0.445. The van der Waals surface area contributed by atoms with Gasteiger partial charge in [-0.25, -0.2) is 4.79 Å². The van der Waals surface area contributed by atoms with Gasteiger partial charge in [0.2, 0.25) is 0 Å². The van der Waals surface area contributed by atoms with Crippen molar-refractivity contribution in [2.45, 2.75) is 19.8 Å². The van der Waals surface area contributed by atoms with E-state index in [4.69, 9.17) is 13.9 Å². The van der Waals surface area contributed by atoms with Crippen molar-refractivity contribution < 1.29 is 18.7 Å². The Labute approximate surface area is 169 Å². The van der Waals surface area contributed by atoms with Crippen LogP contribution in [-0.4, -0.2) is 32.8 Å². The molecule has 3 rings (SSSR count). The normalized spacial score (nSPS) is 10.8. The van der Waals surface area contributed by atoms with Crippen molar-refractivity contribution in [3.8, 4) is 5.75 Å². The summed E-state index contributed by atoms with van der Waals surface area (Å²) >= 11 is 0. The first-order chi connectivity index (χ1) is 14.1. The van der Waals surface area contributed by atoms with E-state index in [1.807, 2.05) is 43.3 Å². The van der Waals surface area contributed by atoms with Crippen molar-refractivity contribution >= 4 is 16.9 Å². The Bertz CT molecular complexity index is 1030. The van der Waals surface area contributed by atoms with Crippen molar-refractivity contribution in [1.82, 2.24) is 5.32 Å². The highest BCUT2D eigenvalue weighted by Gasteiger charge is 2.13. The number of ether oxygens (including phenoxy) is 2. The zero-order valence-corrected chi connectivity index (χ0v) is 16.7. The number of aryl methyl sites for hydroxylation is 1. The Balaban J connectivity index is 1.71. The minimum Gasteiger partial charge on any atom is -0.484 e. The van der Waals surface area contributed by atoms with Crippen molar-refractivity contribution in [2.75, 3.05) is 26.9 Å². The van der Waals surface area contributed by atoms with Gasteiger partial charge in [0.15, 0.2) is 6.61 Å². The first kappa shape index (κ1) is 20.6. The van der Waals surface area contributed by atoms with Gasteiger partial charge in [-0.3, -0.25) is 4.79 Å². The molecule has 2 aromatic carbocycles. The van der Waals surface area contributed by atoms with Crippen LogP contribution in [0.2, 0.25) is 0 Å². The summed E-state index contributed by atoms with van der Waals surface area (Å²) in [4.78, 5) is 24.3. The first-order valence-electron chi connectivity index (χ1n) is 9.57. The van der Waals surface area contributed by atoms with Crippen molar-refractivity contribution in [3.05, 3.63) is 75.6 Å². The van der Waals surface area contributed by atoms with E-state index in [9.17, 15) is 9.59 Å². The van der Waals surface area contributed by atoms with Crippen molar-refractivity contribution in [1.29, 1.82) is 0 Å². The van der Waals surface area contributed by atoms with Crippen LogP contribution in [0.5, 0.6) is 5.75 Å². The number of hydrogen-bond donors (Lipinski definition) is 1. The molecule has 1 heterocycles. The number of hydrogen-bond acceptors (Lipinski definition) is 5. The predicted octanol–water partition coefficient (Wildman–Crippen LogP) is 3.22. The molecule has 0 aliphatic carbocycles. The van der Waals surface area contributed by atoms with Crippen LogP contribution in [0.25, 0.3) is 11.0 Å². The maximum Gasteiger partial charge on any atom is 0.340 e. The van der Waals surface area contributed by atoms with E-state index in [1.54, 1.807) is 19.2 Å². The van der Waals surface area contributed by atoms with Gasteiger partial charge in [-0.2, -0.15) is 0 Å². The largest absolute Gasteiger partial charge is 0.484 e. The van der Waals surface area contributed by atoms with Crippen molar-refractivity contribution in [3.63, 3.8) is 0 Å². The lowest BCUT2D eigenvalue weighted by Gasteiger charge is -2.10. The van der Waals surface area contributed by atoms with E-state index < -0.39 is 0 Å². The highest BCUT2D eigenvalue weighted by Crippen LogP contribution is 2.25. The minimum absolute atomic E-state index is 0.103. The molecule has 0 aliphatic rings. The van der Waals surface area contributed by atoms with Crippen LogP contribution in [-0.2, 0) is 16.0 Å². The molecule has 1 aromatic heterocycles. The summed E-state index contributed by atoms with van der Waals surface area (Å²) in [5.74, 6) is 0.264. The third kappa shape index (κ3) is 5.45. The number of carbonyl (C=O) groups is 1. The van der Waals surface area contributed by atoms with E-state index in [1.165, 1.54) is 0 Å². The third-order valence-corrected chi connectivity index (χ3v) is 4.70. The molecule has 6 nitrogen and oxygen atoms in total. The second-order valence-electron chi connectivity index (χ2n) is 6.80. The van der Waals surface area contributed by atoms with Gasteiger partial charge in [0.25, 0.3) is 5.91 Å². The Kier molecular flexibility index (Phi) is 7.03. The lowest BCUT2D eigenvalue weighted by molar-refractivity contribution is -0.123. The monoisotopic (exact) mass is 395 g/mol. The summed E-state index contributed by atoms with van der Waals surface area (Å²) in [6, 6.07) is 15.1. The molecule has 3 aromatic rings. The van der Waals surface area contributed by atoms with Crippen LogP contribution in [0.4, 0.5) is 0 Å². The molecule has 0 bridgehead atoms. The summed E-state index contributed by atoms with van der Waals surface area (Å²) in [5, 5.41) is 3.61. The summed E-state index contributed by atoms with van der Waals surface area (Å²) in [7, 11) is 1.62. The van der Waals surface area contributed by atoms with Gasteiger partial charge in [0, 0.05) is 43.7 Å². The smallest absolute Gasteiger partial charge is 0.340 e. The van der Waals surface area contributed by atoms with Crippen LogP contribution < -0.4 is 15.7 Å². The Morgan fingerprint density at radius 3 is 2.69 bits per heavy atom. The van der Waals surface area contributed by atoms with Gasteiger partial charge in [-0.15, -0.1) is 0 Å². The molecule has 0 saturated carbocycles. The fourth-order valence-corrected chi connectivity index (χ4v) is 3.11. The zero-order valence-electron chi connectivity index (χ0n) is 16.7. The number of amides is 1. The van der Waals surface area contributed by atoms with Crippen LogP contribution in [0.3, 0.4) is 0 Å². The Morgan fingerprint density at radius 2 is 1.93 bits per heavy atom. The second-order valence-corrected chi connectivity index (χ2v) is 6.80. The molecule has 29 heavy (non-hydrogen) atoms. The molecule has 1 N–H and O–H groups in total. The summed E-state index contributed by atoms with van der Waals surface area (Å²) in [6.07, 6.45) is 1.26. The maximum absolute atomic E-state index is 12.5. The summed E-state index contributed by atoms with van der Waals surface area (Å²) in [6.45, 7) is 2.95. The highest BCUT2D eigenvalue weighted by atomic mass is 16.5. The van der Waals surface area contributed by atoms with Gasteiger partial charge >= 0.3 is 5.63 Å². The average Bonchev–Trinajstić information content (AvgIpc) is 2.73. The van der Waals surface area contributed by atoms with E-state index >= 15 is 0 Å². The maximum atomic E-state index is 12.5. The van der Waals surface area contributed by atoms with Gasteiger partial charge < -0.3 is 19.2 Å². The molecule has 0 radical (unpaired) electrons. The van der Waals surface area contributed by atoms with E-state index in [-0.39, 0.29) is 18.1 Å². The van der Waals surface area contributed by atoms with Crippen LogP contribution >= 0.6 is 0 Å². The van der Waals surface area contributed by atoms with E-state index in [2.05, 4.69) is 5.32 Å². The van der Waals surface area contributed by atoms with Crippen LogP contribution in [0.1, 0.15) is 23.1 Å². The molecular weight excluding hydrogens is 370 g/mol. The van der Waals surface area contributed by atoms with Crippen LogP contribution in [0, 0.1) is 6.92 Å². The lowest BCUT2D eigenvalue weighted by Crippen LogP contribution is -2.30. The standard InChI is InChI=1S/C23H25NO5/c1-16-19-10-9-18(28-15-22(25)24-11-6-12-27-2)14-21(19)29-23(26)20(16)13-17-7-4-3-5-8-17/h3-5,7-10,14H,6,11-13,15H2,1-2H3,(H,24,25). The predicted molar refractivity (Wildman–Crippen MR) is 111 cm³/mol. The first-order valence-corrected chi connectivity index (χ1v) is 9.57. The lowest BCUT2D eigenvalue weighted by atomic mass is 10.00. The van der Waals surface area contributed by atoms with Crippen molar-refractivity contribution in [2.24, 2.45) is 0 Å². The SMILES string of the molecule is COCCCNC(=O)COc1ccc2c(C)c(Cc3ccccc3)c(=O)oc2c1. The number of methoxy groups -OCH3 is 1. The number of carbonyl (C=O) groups excluding carboxylic acids is 1. The summed E-state index contributed by atoms with van der Waals surface area (Å²) < 4.78 is 16.0. The number of nitrogens with one attached hydrogen (secondary N) is 1. The third-order valence-electron chi connectivity index (χ3n) is 4.70. The second kappa shape index (κ2) is 9.89. The van der Waals surface area contributed by atoms with E-state index in [0.717, 1.165) is 22.9 Å². The van der Waals surface area contributed by atoms with Gasteiger partial charge in [0.1, 0.15) is 11.3 Å². The topological polar surface area (TPSA) is 77.8 Å². The molecule has 0 atom stereocenters. The molecule has 0 aliphatic heterocycles. The molecule has 0 spiro atoms. The van der Waals surface area contributed by atoms with E-state index in [0.29, 0.717) is 36.5 Å². The molecule has 0 saturated heterocycles.